The molecule has 0 aromatic carbocycles. The SMILES string of the molecule is CCCn1c(Cc2cccnc2)nnc1S(=O)(=O)Cl. The third-order valence-corrected chi connectivity index (χ3v) is 3.70. The van der Waals surface area contributed by atoms with Crippen molar-refractivity contribution in [3.8, 4) is 0 Å². The lowest BCUT2D eigenvalue weighted by Gasteiger charge is -2.07. The molecule has 0 saturated carbocycles. The maximum atomic E-state index is 11.4. The van der Waals surface area contributed by atoms with E-state index in [1.165, 1.54) is 4.57 Å². The second kappa shape index (κ2) is 5.66. The van der Waals surface area contributed by atoms with Gasteiger partial charge in [-0.15, -0.1) is 10.2 Å². The fourth-order valence-corrected chi connectivity index (χ4v) is 2.70. The van der Waals surface area contributed by atoms with Crippen molar-refractivity contribution in [3.63, 3.8) is 0 Å². The molecule has 8 heteroatoms. The minimum Gasteiger partial charge on any atom is -0.301 e. The summed E-state index contributed by atoms with van der Waals surface area (Å²) in [6.07, 6.45) is 4.61. The highest BCUT2D eigenvalue weighted by Crippen LogP contribution is 2.16. The first-order valence-electron chi connectivity index (χ1n) is 5.78. The first-order valence-corrected chi connectivity index (χ1v) is 8.09. The first kappa shape index (κ1) is 14.0. The Labute approximate surface area is 115 Å². The fourth-order valence-electron chi connectivity index (χ4n) is 1.76. The van der Waals surface area contributed by atoms with Crippen LogP contribution in [-0.2, 0) is 22.0 Å². The second-order valence-corrected chi connectivity index (χ2v) is 6.49. The molecule has 0 N–H and O–H groups in total. The van der Waals surface area contributed by atoms with Crippen LogP contribution < -0.4 is 0 Å². The van der Waals surface area contributed by atoms with Gasteiger partial charge in [-0.25, -0.2) is 8.42 Å². The number of hydrogen-bond donors (Lipinski definition) is 0. The topological polar surface area (TPSA) is 77.7 Å². The van der Waals surface area contributed by atoms with E-state index in [2.05, 4.69) is 15.2 Å². The summed E-state index contributed by atoms with van der Waals surface area (Å²) in [7, 11) is 1.47. The molecule has 0 amide bonds. The van der Waals surface area contributed by atoms with Crippen molar-refractivity contribution in [1.29, 1.82) is 0 Å². The molecule has 6 nitrogen and oxygen atoms in total. The molecule has 0 atom stereocenters. The Hall–Kier alpha value is -1.47. The Morgan fingerprint density at radius 2 is 2.16 bits per heavy atom. The largest absolute Gasteiger partial charge is 0.301 e. The molecule has 102 valence electrons. The van der Waals surface area contributed by atoms with Gasteiger partial charge >= 0.3 is 0 Å². The number of aromatic nitrogens is 4. The lowest BCUT2D eigenvalue weighted by Crippen LogP contribution is -2.10. The van der Waals surface area contributed by atoms with Crippen LogP contribution in [0, 0.1) is 0 Å². The molecule has 0 spiro atoms. The van der Waals surface area contributed by atoms with E-state index in [0.717, 1.165) is 12.0 Å². The van der Waals surface area contributed by atoms with Gasteiger partial charge in [-0.2, -0.15) is 0 Å². The molecule has 2 aromatic heterocycles. The molecule has 19 heavy (non-hydrogen) atoms. The van der Waals surface area contributed by atoms with Crippen LogP contribution in [0.15, 0.2) is 29.7 Å². The van der Waals surface area contributed by atoms with Crippen molar-refractivity contribution >= 4 is 19.7 Å². The predicted octanol–water partition coefficient (Wildman–Crippen LogP) is 1.60. The van der Waals surface area contributed by atoms with Crippen LogP contribution in [0.2, 0.25) is 0 Å². The zero-order chi connectivity index (χ0) is 13.9. The van der Waals surface area contributed by atoms with E-state index < -0.39 is 9.05 Å². The average Bonchev–Trinajstić information content (AvgIpc) is 2.74. The fraction of sp³-hybridized carbons (Fsp3) is 0.364. The van der Waals surface area contributed by atoms with Gasteiger partial charge in [-0.1, -0.05) is 13.0 Å². The summed E-state index contributed by atoms with van der Waals surface area (Å²) in [6, 6.07) is 3.71. The summed E-state index contributed by atoms with van der Waals surface area (Å²) in [4.78, 5) is 4.01. The molecule has 2 heterocycles. The smallest absolute Gasteiger partial charge is 0.296 e. The van der Waals surface area contributed by atoms with Crippen LogP contribution in [-0.4, -0.2) is 28.2 Å². The zero-order valence-electron chi connectivity index (χ0n) is 10.3. The van der Waals surface area contributed by atoms with Gasteiger partial charge in [0, 0.05) is 36.0 Å². The predicted molar refractivity (Wildman–Crippen MR) is 70.4 cm³/mol. The molecule has 0 fully saturated rings. The molecule has 2 rings (SSSR count). The van der Waals surface area contributed by atoms with Crippen LogP contribution in [0.25, 0.3) is 0 Å². The van der Waals surface area contributed by atoms with Crippen molar-refractivity contribution in [1.82, 2.24) is 19.7 Å². The van der Waals surface area contributed by atoms with Crippen molar-refractivity contribution in [3.05, 3.63) is 35.9 Å². The Morgan fingerprint density at radius 3 is 2.74 bits per heavy atom. The third-order valence-electron chi connectivity index (χ3n) is 2.54. The maximum Gasteiger partial charge on any atom is 0.296 e. The van der Waals surface area contributed by atoms with Crippen LogP contribution in [0.4, 0.5) is 0 Å². The third kappa shape index (κ3) is 3.30. The average molecular weight is 301 g/mol. The molecule has 0 aliphatic heterocycles. The van der Waals surface area contributed by atoms with Gasteiger partial charge in [-0.3, -0.25) is 4.98 Å². The van der Waals surface area contributed by atoms with Crippen LogP contribution in [0.5, 0.6) is 0 Å². The maximum absolute atomic E-state index is 11.4. The quantitative estimate of drug-likeness (QED) is 0.784. The Morgan fingerprint density at radius 1 is 1.37 bits per heavy atom. The van der Waals surface area contributed by atoms with Crippen LogP contribution in [0.1, 0.15) is 24.7 Å². The lowest BCUT2D eigenvalue weighted by molar-refractivity contribution is 0.558. The highest BCUT2D eigenvalue weighted by molar-refractivity contribution is 8.13. The Bertz CT molecular complexity index is 655. The number of pyridine rings is 1. The van der Waals surface area contributed by atoms with Crippen molar-refractivity contribution in [2.75, 3.05) is 0 Å². The van der Waals surface area contributed by atoms with E-state index >= 15 is 0 Å². The van der Waals surface area contributed by atoms with E-state index in [9.17, 15) is 8.42 Å². The molecule has 0 aliphatic rings. The summed E-state index contributed by atoms with van der Waals surface area (Å²) >= 11 is 0. The number of hydrogen-bond acceptors (Lipinski definition) is 5. The first-order chi connectivity index (χ1) is 9.02. The molecule has 0 unspecified atom stereocenters. The van der Waals surface area contributed by atoms with E-state index in [4.69, 9.17) is 10.7 Å². The van der Waals surface area contributed by atoms with Gasteiger partial charge in [0.15, 0.2) is 0 Å². The van der Waals surface area contributed by atoms with E-state index in [-0.39, 0.29) is 5.16 Å². The summed E-state index contributed by atoms with van der Waals surface area (Å²) < 4.78 is 24.4. The second-order valence-electron chi connectivity index (χ2n) is 4.03. The molecular formula is C11H13ClN4O2S. The van der Waals surface area contributed by atoms with Gasteiger partial charge < -0.3 is 4.57 Å². The standard InChI is InChI=1S/C11H13ClN4O2S/c1-2-6-16-10(7-9-4-3-5-13-8-9)14-15-11(16)19(12,17)18/h3-5,8H,2,6-7H2,1H3. The van der Waals surface area contributed by atoms with Gasteiger partial charge in [-0.05, 0) is 18.1 Å². The summed E-state index contributed by atoms with van der Waals surface area (Å²) in [5.41, 5.74) is 0.936. The summed E-state index contributed by atoms with van der Waals surface area (Å²) in [6.45, 7) is 2.45. The van der Waals surface area contributed by atoms with E-state index in [1.807, 2.05) is 19.1 Å². The molecular weight excluding hydrogens is 288 g/mol. The lowest BCUT2D eigenvalue weighted by atomic mass is 10.2. The minimum absolute atomic E-state index is 0.199. The highest BCUT2D eigenvalue weighted by Gasteiger charge is 2.22. The molecule has 0 saturated heterocycles. The van der Waals surface area contributed by atoms with Crippen molar-refractivity contribution in [2.45, 2.75) is 31.5 Å². The van der Waals surface area contributed by atoms with E-state index in [1.54, 1.807) is 12.4 Å². The van der Waals surface area contributed by atoms with Crippen molar-refractivity contribution in [2.24, 2.45) is 0 Å². The van der Waals surface area contributed by atoms with Crippen LogP contribution >= 0.6 is 10.7 Å². The zero-order valence-corrected chi connectivity index (χ0v) is 11.9. The van der Waals surface area contributed by atoms with Crippen LogP contribution in [0.3, 0.4) is 0 Å². The molecule has 0 bridgehead atoms. The highest BCUT2D eigenvalue weighted by atomic mass is 35.7. The number of nitrogens with zero attached hydrogens (tertiary/aromatic N) is 4. The number of halogens is 1. The minimum atomic E-state index is -3.88. The summed E-state index contributed by atoms with van der Waals surface area (Å²) in [5, 5.41) is 7.39. The van der Waals surface area contributed by atoms with E-state index in [0.29, 0.717) is 18.8 Å². The Balaban J connectivity index is 2.39. The van der Waals surface area contributed by atoms with Gasteiger partial charge in [0.05, 0.1) is 0 Å². The van der Waals surface area contributed by atoms with Gasteiger partial charge in [0.25, 0.3) is 14.2 Å². The summed E-state index contributed by atoms with van der Waals surface area (Å²) in [5.74, 6) is 0.564. The Kier molecular flexibility index (Phi) is 4.16. The van der Waals surface area contributed by atoms with Gasteiger partial charge in [0.2, 0.25) is 0 Å². The van der Waals surface area contributed by atoms with Crippen molar-refractivity contribution < 1.29 is 8.42 Å². The molecule has 2 aromatic rings. The molecule has 0 radical (unpaired) electrons. The van der Waals surface area contributed by atoms with Gasteiger partial charge in [0.1, 0.15) is 5.82 Å². The monoisotopic (exact) mass is 300 g/mol. The number of rotatable bonds is 5. The normalized spacial score (nSPS) is 11.7. The molecule has 0 aliphatic carbocycles.